The Balaban J connectivity index is 2.23. The lowest BCUT2D eigenvalue weighted by Crippen LogP contribution is -2.14. The number of nitrogens with zero attached hydrogens (tertiary/aromatic N) is 1. The van der Waals surface area contributed by atoms with Gasteiger partial charge in [0.1, 0.15) is 0 Å². The molecular formula is C10H15N. The van der Waals surface area contributed by atoms with Gasteiger partial charge in [0.2, 0.25) is 0 Å². The molecule has 1 heteroatoms. The molecular weight excluding hydrogens is 134 g/mol. The average molecular weight is 149 g/mol. The SMILES string of the molecule is CC1=CC2=C(CC1)CN(C)C2. The van der Waals surface area contributed by atoms with Gasteiger partial charge in [-0.05, 0) is 32.4 Å². The fourth-order valence-corrected chi connectivity index (χ4v) is 1.99. The van der Waals surface area contributed by atoms with Gasteiger partial charge in [0.05, 0.1) is 0 Å². The first-order chi connectivity index (χ1) is 5.25. The van der Waals surface area contributed by atoms with Gasteiger partial charge in [0.15, 0.2) is 0 Å². The van der Waals surface area contributed by atoms with Gasteiger partial charge in [-0.2, -0.15) is 0 Å². The number of hydrogen-bond acceptors (Lipinski definition) is 1. The minimum absolute atomic E-state index is 1.17. The summed E-state index contributed by atoms with van der Waals surface area (Å²) >= 11 is 0. The highest BCUT2D eigenvalue weighted by Crippen LogP contribution is 2.28. The van der Waals surface area contributed by atoms with Crippen molar-refractivity contribution in [1.82, 2.24) is 4.90 Å². The van der Waals surface area contributed by atoms with Crippen molar-refractivity contribution in [3.63, 3.8) is 0 Å². The second kappa shape index (κ2) is 2.49. The summed E-state index contributed by atoms with van der Waals surface area (Å²) in [6, 6.07) is 0. The lowest BCUT2D eigenvalue weighted by molar-refractivity contribution is 0.424. The van der Waals surface area contributed by atoms with Crippen LogP contribution in [0.1, 0.15) is 19.8 Å². The van der Waals surface area contributed by atoms with Crippen LogP contribution in [0.3, 0.4) is 0 Å². The molecule has 2 rings (SSSR count). The topological polar surface area (TPSA) is 3.24 Å². The number of rotatable bonds is 0. The first-order valence-corrected chi connectivity index (χ1v) is 4.32. The molecule has 0 atom stereocenters. The Bertz CT molecular complexity index is 235. The molecule has 1 nitrogen and oxygen atoms in total. The third-order valence-corrected chi connectivity index (χ3v) is 2.60. The molecule has 1 aliphatic heterocycles. The number of allylic oxidation sites excluding steroid dienone is 1. The van der Waals surface area contributed by atoms with Crippen molar-refractivity contribution in [2.45, 2.75) is 19.8 Å². The van der Waals surface area contributed by atoms with E-state index in [1.54, 1.807) is 16.7 Å². The van der Waals surface area contributed by atoms with E-state index in [1.807, 2.05) is 0 Å². The van der Waals surface area contributed by atoms with Gasteiger partial charge < -0.3 is 0 Å². The predicted molar refractivity (Wildman–Crippen MR) is 47.5 cm³/mol. The molecule has 0 aromatic heterocycles. The second-order valence-corrected chi connectivity index (χ2v) is 3.79. The zero-order valence-electron chi connectivity index (χ0n) is 7.35. The smallest absolute Gasteiger partial charge is 0.0234 e. The van der Waals surface area contributed by atoms with Crippen LogP contribution in [0.25, 0.3) is 0 Å². The Morgan fingerprint density at radius 1 is 1.27 bits per heavy atom. The van der Waals surface area contributed by atoms with Crippen molar-refractivity contribution in [2.75, 3.05) is 20.1 Å². The van der Waals surface area contributed by atoms with Crippen LogP contribution in [0.4, 0.5) is 0 Å². The van der Waals surface area contributed by atoms with E-state index in [0.717, 1.165) is 0 Å². The third kappa shape index (κ3) is 1.25. The molecule has 0 unspecified atom stereocenters. The van der Waals surface area contributed by atoms with Crippen molar-refractivity contribution in [3.8, 4) is 0 Å². The van der Waals surface area contributed by atoms with E-state index in [9.17, 15) is 0 Å². The summed E-state index contributed by atoms with van der Waals surface area (Å²) in [5.74, 6) is 0. The Kier molecular flexibility index (Phi) is 1.61. The summed E-state index contributed by atoms with van der Waals surface area (Å²) in [6.07, 6.45) is 4.97. The molecule has 0 aromatic carbocycles. The van der Waals surface area contributed by atoms with Crippen LogP contribution in [-0.2, 0) is 0 Å². The molecule has 1 heterocycles. The van der Waals surface area contributed by atoms with Crippen molar-refractivity contribution >= 4 is 0 Å². The van der Waals surface area contributed by atoms with Gasteiger partial charge in [-0.25, -0.2) is 0 Å². The van der Waals surface area contributed by atoms with Gasteiger partial charge in [0, 0.05) is 13.1 Å². The standard InChI is InChI=1S/C10H15N/c1-8-3-4-9-6-11(2)7-10(9)5-8/h5H,3-4,6-7H2,1-2H3. The van der Waals surface area contributed by atoms with Crippen LogP contribution in [0.2, 0.25) is 0 Å². The van der Waals surface area contributed by atoms with Crippen molar-refractivity contribution in [1.29, 1.82) is 0 Å². The predicted octanol–water partition coefficient (Wildman–Crippen LogP) is 1.97. The minimum Gasteiger partial charge on any atom is -0.298 e. The molecule has 0 N–H and O–H groups in total. The van der Waals surface area contributed by atoms with E-state index >= 15 is 0 Å². The molecule has 60 valence electrons. The highest BCUT2D eigenvalue weighted by atomic mass is 15.1. The minimum atomic E-state index is 1.17. The van der Waals surface area contributed by atoms with Gasteiger partial charge in [-0.15, -0.1) is 0 Å². The Hall–Kier alpha value is -0.560. The summed E-state index contributed by atoms with van der Waals surface area (Å²) in [5.41, 5.74) is 4.83. The maximum atomic E-state index is 2.39. The number of hydrogen-bond donors (Lipinski definition) is 0. The maximum Gasteiger partial charge on any atom is 0.0234 e. The lowest BCUT2D eigenvalue weighted by atomic mass is 9.95. The molecule has 1 aliphatic carbocycles. The molecule has 0 saturated heterocycles. The fraction of sp³-hybridized carbons (Fsp3) is 0.600. The quantitative estimate of drug-likeness (QED) is 0.509. The lowest BCUT2D eigenvalue weighted by Gasteiger charge is -2.10. The normalized spacial score (nSPS) is 25.5. The van der Waals surface area contributed by atoms with E-state index in [2.05, 4.69) is 24.9 Å². The number of likely N-dealkylation sites (N-methyl/N-ethyl adjacent to an activating group) is 1. The van der Waals surface area contributed by atoms with E-state index in [0.29, 0.717) is 0 Å². The molecule has 0 bridgehead atoms. The van der Waals surface area contributed by atoms with Crippen LogP contribution in [0.5, 0.6) is 0 Å². The molecule has 0 aromatic rings. The van der Waals surface area contributed by atoms with Crippen LogP contribution in [-0.4, -0.2) is 25.0 Å². The van der Waals surface area contributed by atoms with Gasteiger partial charge in [-0.1, -0.05) is 17.2 Å². The summed E-state index contributed by atoms with van der Waals surface area (Å²) in [4.78, 5) is 2.39. The van der Waals surface area contributed by atoms with Gasteiger partial charge >= 0.3 is 0 Å². The van der Waals surface area contributed by atoms with E-state index < -0.39 is 0 Å². The molecule has 11 heavy (non-hydrogen) atoms. The van der Waals surface area contributed by atoms with E-state index in [4.69, 9.17) is 0 Å². The highest BCUT2D eigenvalue weighted by molar-refractivity contribution is 5.37. The maximum absolute atomic E-state index is 2.39. The molecule has 0 fully saturated rings. The van der Waals surface area contributed by atoms with Crippen LogP contribution < -0.4 is 0 Å². The van der Waals surface area contributed by atoms with E-state index in [-0.39, 0.29) is 0 Å². The first kappa shape index (κ1) is 7.11. The van der Waals surface area contributed by atoms with Crippen LogP contribution in [0, 0.1) is 0 Å². The third-order valence-electron chi connectivity index (χ3n) is 2.60. The van der Waals surface area contributed by atoms with Gasteiger partial charge in [-0.3, -0.25) is 4.90 Å². The molecule has 0 amide bonds. The van der Waals surface area contributed by atoms with Crippen molar-refractivity contribution in [3.05, 3.63) is 22.8 Å². The highest BCUT2D eigenvalue weighted by Gasteiger charge is 2.19. The van der Waals surface area contributed by atoms with Crippen LogP contribution >= 0.6 is 0 Å². The molecule has 0 radical (unpaired) electrons. The Morgan fingerprint density at radius 3 is 2.91 bits per heavy atom. The van der Waals surface area contributed by atoms with Crippen LogP contribution in [0.15, 0.2) is 22.8 Å². The molecule has 2 aliphatic rings. The monoisotopic (exact) mass is 149 g/mol. The largest absolute Gasteiger partial charge is 0.298 e. The molecule has 0 spiro atoms. The summed E-state index contributed by atoms with van der Waals surface area (Å²) in [6.45, 7) is 4.62. The zero-order valence-corrected chi connectivity index (χ0v) is 7.35. The summed E-state index contributed by atoms with van der Waals surface area (Å²) in [5, 5.41) is 0. The van der Waals surface area contributed by atoms with Crippen molar-refractivity contribution < 1.29 is 0 Å². The average Bonchev–Trinajstić information content (AvgIpc) is 2.27. The first-order valence-electron chi connectivity index (χ1n) is 4.32. The van der Waals surface area contributed by atoms with Crippen molar-refractivity contribution in [2.24, 2.45) is 0 Å². The summed E-state index contributed by atoms with van der Waals surface area (Å²) < 4.78 is 0. The van der Waals surface area contributed by atoms with Gasteiger partial charge in [0.25, 0.3) is 0 Å². The Labute approximate surface area is 68.4 Å². The molecule has 0 saturated carbocycles. The summed E-state index contributed by atoms with van der Waals surface area (Å²) in [7, 11) is 2.20. The van der Waals surface area contributed by atoms with E-state index in [1.165, 1.54) is 25.9 Å². The Morgan fingerprint density at radius 2 is 2.09 bits per heavy atom. The second-order valence-electron chi connectivity index (χ2n) is 3.79. The fourth-order valence-electron chi connectivity index (χ4n) is 1.99. The zero-order chi connectivity index (χ0) is 7.84.